The van der Waals surface area contributed by atoms with Crippen molar-refractivity contribution in [2.24, 2.45) is 22.1 Å². The summed E-state index contributed by atoms with van der Waals surface area (Å²) in [4.78, 5) is 18.2. The maximum absolute atomic E-state index is 12.1. The lowest BCUT2D eigenvalue weighted by molar-refractivity contribution is 0.0838. The molecule has 3 rings (SSSR count). The van der Waals surface area contributed by atoms with Crippen LogP contribution in [-0.4, -0.2) is 28.9 Å². The molecule has 2 amide bonds. The van der Waals surface area contributed by atoms with E-state index in [2.05, 4.69) is 18.8 Å². The molecule has 0 radical (unpaired) electrons. The lowest BCUT2D eigenvalue weighted by Gasteiger charge is -2.47. The Labute approximate surface area is 109 Å². The molecule has 2 saturated carbocycles. The SMILES string of the molecule is CC1(C)CCCC2(C1)C(N)=NC(=O)N2CC1CC1. The highest BCUT2D eigenvalue weighted by Gasteiger charge is 2.53. The van der Waals surface area contributed by atoms with Gasteiger partial charge in [-0.15, -0.1) is 0 Å². The smallest absolute Gasteiger partial charge is 0.346 e. The molecular weight excluding hydrogens is 226 g/mol. The molecule has 0 aromatic carbocycles. The van der Waals surface area contributed by atoms with Gasteiger partial charge >= 0.3 is 6.03 Å². The van der Waals surface area contributed by atoms with Crippen LogP contribution >= 0.6 is 0 Å². The van der Waals surface area contributed by atoms with E-state index in [4.69, 9.17) is 5.73 Å². The van der Waals surface area contributed by atoms with Gasteiger partial charge < -0.3 is 10.6 Å². The topological polar surface area (TPSA) is 58.7 Å². The van der Waals surface area contributed by atoms with Gasteiger partial charge in [-0.25, -0.2) is 4.79 Å². The van der Waals surface area contributed by atoms with E-state index in [0.29, 0.717) is 11.8 Å². The highest BCUT2D eigenvalue weighted by Crippen LogP contribution is 2.47. The Morgan fingerprint density at radius 2 is 2.11 bits per heavy atom. The van der Waals surface area contributed by atoms with Crippen LogP contribution in [-0.2, 0) is 0 Å². The summed E-state index contributed by atoms with van der Waals surface area (Å²) in [6.07, 6.45) is 6.81. The number of amidine groups is 1. The van der Waals surface area contributed by atoms with E-state index in [0.717, 1.165) is 25.8 Å². The van der Waals surface area contributed by atoms with Crippen LogP contribution in [0.3, 0.4) is 0 Å². The second-order valence-corrected chi connectivity index (χ2v) is 7.06. The Bertz CT molecular complexity index is 411. The fourth-order valence-electron chi connectivity index (χ4n) is 3.68. The van der Waals surface area contributed by atoms with Gasteiger partial charge in [-0.1, -0.05) is 20.3 Å². The summed E-state index contributed by atoms with van der Waals surface area (Å²) in [5.41, 5.74) is 6.12. The molecule has 4 heteroatoms. The van der Waals surface area contributed by atoms with Crippen LogP contribution in [0.4, 0.5) is 4.79 Å². The first kappa shape index (κ1) is 12.0. The van der Waals surface area contributed by atoms with Crippen LogP contribution in [0.1, 0.15) is 52.4 Å². The molecule has 4 nitrogen and oxygen atoms in total. The van der Waals surface area contributed by atoms with Crippen LogP contribution in [0.25, 0.3) is 0 Å². The van der Waals surface area contributed by atoms with E-state index in [9.17, 15) is 4.79 Å². The predicted octanol–water partition coefficient (Wildman–Crippen LogP) is 2.53. The third-order valence-electron chi connectivity index (χ3n) is 4.79. The molecule has 3 aliphatic rings. The van der Waals surface area contributed by atoms with Crippen LogP contribution < -0.4 is 5.73 Å². The van der Waals surface area contributed by atoms with Crippen molar-refractivity contribution in [2.75, 3.05) is 6.54 Å². The monoisotopic (exact) mass is 249 g/mol. The molecule has 0 bridgehead atoms. The molecular formula is C14H23N3O. The van der Waals surface area contributed by atoms with Gasteiger partial charge in [-0.2, -0.15) is 4.99 Å². The van der Waals surface area contributed by atoms with Crippen molar-refractivity contribution in [1.82, 2.24) is 4.90 Å². The van der Waals surface area contributed by atoms with Crippen molar-refractivity contribution in [3.63, 3.8) is 0 Å². The molecule has 18 heavy (non-hydrogen) atoms. The van der Waals surface area contributed by atoms with Gasteiger partial charge in [0.2, 0.25) is 0 Å². The number of carbonyl (C=O) groups is 1. The zero-order valence-electron chi connectivity index (χ0n) is 11.4. The molecule has 1 heterocycles. The Morgan fingerprint density at radius 1 is 1.39 bits per heavy atom. The van der Waals surface area contributed by atoms with Crippen molar-refractivity contribution < 1.29 is 4.79 Å². The fourth-order valence-corrected chi connectivity index (χ4v) is 3.68. The molecule has 1 unspecified atom stereocenters. The van der Waals surface area contributed by atoms with E-state index < -0.39 is 0 Å². The van der Waals surface area contributed by atoms with Crippen LogP contribution in [0, 0.1) is 11.3 Å². The first-order valence-corrected chi connectivity index (χ1v) is 7.09. The molecule has 0 aromatic rings. The Hall–Kier alpha value is -1.06. The standard InChI is InChI=1S/C14H23N3O/c1-13(2)6-3-7-14(9-13)11(15)16-12(18)17(14)8-10-4-5-10/h10H,3-9H2,1-2H3,(H2,15,16,18). The largest absolute Gasteiger partial charge is 0.385 e. The minimum atomic E-state index is -0.262. The van der Waals surface area contributed by atoms with E-state index >= 15 is 0 Å². The second kappa shape index (κ2) is 3.72. The van der Waals surface area contributed by atoms with Gasteiger partial charge in [0.05, 0.1) is 0 Å². The number of nitrogens with two attached hydrogens (primary N) is 1. The minimum Gasteiger partial charge on any atom is -0.385 e. The highest BCUT2D eigenvalue weighted by atomic mass is 16.2. The Balaban J connectivity index is 1.89. The van der Waals surface area contributed by atoms with Gasteiger partial charge in [0.25, 0.3) is 0 Å². The molecule has 2 fully saturated rings. The molecule has 0 saturated heterocycles. The van der Waals surface area contributed by atoms with Crippen molar-refractivity contribution in [2.45, 2.75) is 57.9 Å². The Morgan fingerprint density at radius 3 is 2.72 bits per heavy atom. The zero-order valence-corrected chi connectivity index (χ0v) is 11.4. The molecule has 2 aliphatic carbocycles. The highest BCUT2D eigenvalue weighted by molar-refractivity contribution is 6.06. The van der Waals surface area contributed by atoms with Gasteiger partial charge in [-0.3, -0.25) is 0 Å². The van der Waals surface area contributed by atoms with E-state index in [1.54, 1.807) is 0 Å². The summed E-state index contributed by atoms with van der Waals surface area (Å²) < 4.78 is 0. The number of hydrogen-bond acceptors (Lipinski definition) is 2. The van der Waals surface area contributed by atoms with E-state index in [-0.39, 0.29) is 17.0 Å². The average molecular weight is 249 g/mol. The zero-order chi connectivity index (χ0) is 13.0. The average Bonchev–Trinajstić information content (AvgIpc) is 3.03. The molecule has 1 aliphatic heterocycles. The van der Waals surface area contributed by atoms with Crippen LogP contribution in [0.15, 0.2) is 4.99 Å². The first-order valence-electron chi connectivity index (χ1n) is 7.09. The summed E-state index contributed by atoms with van der Waals surface area (Å²) in [5, 5.41) is 0. The third kappa shape index (κ3) is 1.82. The maximum Gasteiger partial charge on any atom is 0.346 e. The number of carbonyl (C=O) groups excluding carboxylic acids is 1. The van der Waals surface area contributed by atoms with Crippen LogP contribution in [0.2, 0.25) is 0 Å². The molecule has 1 spiro atoms. The number of hydrogen-bond donors (Lipinski definition) is 1. The Kier molecular flexibility index (Phi) is 2.48. The van der Waals surface area contributed by atoms with Gasteiger partial charge in [0, 0.05) is 6.54 Å². The number of amides is 2. The predicted molar refractivity (Wildman–Crippen MR) is 71.4 cm³/mol. The summed E-state index contributed by atoms with van der Waals surface area (Å²) in [5.74, 6) is 1.26. The van der Waals surface area contributed by atoms with E-state index in [1.807, 2.05) is 4.90 Å². The number of urea groups is 1. The van der Waals surface area contributed by atoms with E-state index in [1.165, 1.54) is 19.3 Å². The van der Waals surface area contributed by atoms with Gasteiger partial charge in [0.15, 0.2) is 0 Å². The lowest BCUT2D eigenvalue weighted by Crippen LogP contribution is -2.58. The van der Waals surface area contributed by atoms with Crippen LogP contribution in [0.5, 0.6) is 0 Å². The number of aliphatic imine (C=N–C) groups is 1. The normalized spacial score (nSPS) is 35.1. The van der Waals surface area contributed by atoms with Crippen molar-refractivity contribution in [3.05, 3.63) is 0 Å². The quantitative estimate of drug-likeness (QED) is 0.817. The minimum absolute atomic E-state index is 0.0999. The molecule has 100 valence electrons. The lowest BCUT2D eigenvalue weighted by atomic mass is 9.67. The fraction of sp³-hybridized carbons (Fsp3) is 0.857. The maximum atomic E-state index is 12.1. The van der Waals surface area contributed by atoms with Crippen molar-refractivity contribution in [1.29, 1.82) is 0 Å². The van der Waals surface area contributed by atoms with Gasteiger partial charge in [-0.05, 0) is 43.4 Å². The third-order valence-corrected chi connectivity index (χ3v) is 4.79. The summed E-state index contributed by atoms with van der Waals surface area (Å²) >= 11 is 0. The molecule has 2 N–H and O–H groups in total. The van der Waals surface area contributed by atoms with Crippen molar-refractivity contribution in [3.8, 4) is 0 Å². The first-order chi connectivity index (χ1) is 8.43. The summed E-state index contributed by atoms with van der Waals surface area (Å²) in [6, 6.07) is -0.0999. The molecule has 1 atom stereocenters. The number of rotatable bonds is 2. The molecule has 0 aromatic heterocycles. The summed E-state index contributed by atoms with van der Waals surface area (Å²) in [7, 11) is 0. The number of nitrogens with zero attached hydrogens (tertiary/aromatic N) is 2. The van der Waals surface area contributed by atoms with Gasteiger partial charge in [0.1, 0.15) is 11.4 Å². The second-order valence-electron chi connectivity index (χ2n) is 7.06. The van der Waals surface area contributed by atoms with Crippen molar-refractivity contribution >= 4 is 11.9 Å². The summed E-state index contributed by atoms with van der Waals surface area (Å²) in [6.45, 7) is 5.41.